The fourth-order valence-corrected chi connectivity index (χ4v) is 3.60. The van der Waals surface area contributed by atoms with Gasteiger partial charge in [-0.1, -0.05) is 17.7 Å². The minimum atomic E-state index is -0.603. The highest BCUT2D eigenvalue weighted by atomic mass is 35.5. The number of carbonyl (C=O) groups excluding carboxylic acids is 2. The molecule has 0 bridgehead atoms. The first-order valence-corrected chi connectivity index (χ1v) is 10.9. The second-order valence-electron chi connectivity index (χ2n) is 7.40. The van der Waals surface area contributed by atoms with E-state index in [1.165, 1.54) is 44.7 Å². The van der Waals surface area contributed by atoms with Crippen molar-refractivity contribution in [3.63, 3.8) is 0 Å². The van der Waals surface area contributed by atoms with Gasteiger partial charge < -0.3 is 24.8 Å². The van der Waals surface area contributed by atoms with E-state index in [2.05, 4.69) is 20.6 Å². The zero-order valence-electron chi connectivity index (χ0n) is 19.2. The van der Waals surface area contributed by atoms with Gasteiger partial charge in [0.2, 0.25) is 17.7 Å². The molecule has 2 heterocycles. The molecular formula is C25H20ClFN4O5. The van der Waals surface area contributed by atoms with Gasteiger partial charge in [-0.3, -0.25) is 14.6 Å². The van der Waals surface area contributed by atoms with Gasteiger partial charge in [-0.2, -0.15) is 0 Å². The van der Waals surface area contributed by atoms with Crippen molar-refractivity contribution in [3.05, 3.63) is 71.8 Å². The van der Waals surface area contributed by atoms with E-state index in [1.807, 2.05) is 0 Å². The summed E-state index contributed by atoms with van der Waals surface area (Å²) in [6.07, 6.45) is 2.41. The lowest BCUT2D eigenvalue weighted by Gasteiger charge is -2.13. The molecule has 0 atom stereocenters. The molecule has 9 nitrogen and oxygen atoms in total. The van der Waals surface area contributed by atoms with Gasteiger partial charge in [0.05, 0.1) is 26.1 Å². The largest absolute Gasteiger partial charge is 0.493 e. The number of pyridine rings is 2. The summed E-state index contributed by atoms with van der Waals surface area (Å²) < 4.78 is 29.9. The van der Waals surface area contributed by atoms with Crippen LogP contribution in [0.15, 0.2) is 60.9 Å². The number of fused-ring (bicyclic) bond motifs is 1. The molecule has 0 saturated heterocycles. The number of carbonyl (C=O) groups is 2. The average Bonchev–Trinajstić information content (AvgIpc) is 2.84. The highest BCUT2D eigenvalue weighted by molar-refractivity contribution is 6.32. The number of halogens is 2. The number of aromatic nitrogens is 2. The molecule has 2 N–H and O–H groups in total. The van der Waals surface area contributed by atoms with E-state index < -0.39 is 24.1 Å². The van der Waals surface area contributed by atoms with Crippen LogP contribution in [0.1, 0.15) is 6.42 Å². The molecule has 0 unspecified atom stereocenters. The van der Waals surface area contributed by atoms with Crippen LogP contribution in [0.4, 0.5) is 15.8 Å². The topological polar surface area (TPSA) is 112 Å². The van der Waals surface area contributed by atoms with Crippen molar-refractivity contribution in [2.24, 2.45) is 0 Å². The Hall–Kier alpha value is -4.44. The van der Waals surface area contributed by atoms with Crippen LogP contribution >= 0.6 is 11.6 Å². The van der Waals surface area contributed by atoms with Gasteiger partial charge in [0.25, 0.3) is 0 Å². The van der Waals surface area contributed by atoms with E-state index in [0.29, 0.717) is 28.2 Å². The fourth-order valence-electron chi connectivity index (χ4n) is 3.39. The van der Waals surface area contributed by atoms with Crippen molar-refractivity contribution >= 4 is 45.7 Å². The fraction of sp³-hybridized carbons (Fsp3) is 0.120. The number of amides is 2. The molecule has 0 aliphatic rings. The summed E-state index contributed by atoms with van der Waals surface area (Å²) >= 11 is 6.33. The predicted octanol–water partition coefficient (Wildman–Crippen LogP) is 5.20. The summed E-state index contributed by atoms with van der Waals surface area (Å²) in [5, 5.41) is 5.77. The standard InChI is InChI=1S/C25H20ClFN4O5/c1-34-20-7-6-17-19(8-9-28-23(17)24(20)35-2)36-25-18(26)11-16(13-29-25)31-22(33)12-21(32)30-15-5-3-4-14(27)10-15/h3-11,13H,12H2,1-2H3,(H,30,32)(H,31,33). The number of methoxy groups -OCH3 is 2. The second-order valence-corrected chi connectivity index (χ2v) is 7.81. The Balaban J connectivity index is 1.44. The van der Waals surface area contributed by atoms with Gasteiger partial charge in [0, 0.05) is 17.3 Å². The molecule has 0 radical (unpaired) electrons. The number of nitrogens with zero attached hydrogens (tertiary/aromatic N) is 2. The maximum Gasteiger partial charge on any atom is 0.238 e. The van der Waals surface area contributed by atoms with Crippen molar-refractivity contribution in [2.45, 2.75) is 6.42 Å². The lowest BCUT2D eigenvalue weighted by Crippen LogP contribution is -2.21. The zero-order chi connectivity index (χ0) is 25.7. The molecule has 2 aromatic heterocycles. The number of nitrogens with one attached hydrogen (secondary N) is 2. The lowest BCUT2D eigenvalue weighted by atomic mass is 10.1. The molecule has 4 rings (SSSR count). The molecular weight excluding hydrogens is 491 g/mol. The summed E-state index contributed by atoms with van der Waals surface area (Å²) in [5.74, 6) is -0.194. The number of hydrogen-bond donors (Lipinski definition) is 2. The van der Waals surface area contributed by atoms with Gasteiger partial charge in [-0.15, -0.1) is 0 Å². The summed E-state index contributed by atoms with van der Waals surface area (Å²) in [7, 11) is 3.05. The summed E-state index contributed by atoms with van der Waals surface area (Å²) in [6.45, 7) is 0. The highest BCUT2D eigenvalue weighted by Crippen LogP contribution is 2.39. The number of anilines is 2. The third-order valence-corrected chi connectivity index (χ3v) is 5.21. The lowest BCUT2D eigenvalue weighted by molar-refractivity contribution is -0.123. The molecule has 2 aromatic carbocycles. The van der Waals surface area contributed by atoms with Crippen LogP contribution in [0.5, 0.6) is 23.1 Å². The molecule has 4 aromatic rings. The van der Waals surface area contributed by atoms with Crippen molar-refractivity contribution in [1.82, 2.24) is 9.97 Å². The van der Waals surface area contributed by atoms with Crippen LogP contribution in [-0.2, 0) is 9.59 Å². The maximum absolute atomic E-state index is 13.2. The first-order chi connectivity index (χ1) is 17.4. The molecule has 0 fully saturated rings. The molecule has 184 valence electrons. The van der Waals surface area contributed by atoms with E-state index in [-0.39, 0.29) is 22.3 Å². The van der Waals surface area contributed by atoms with Crippen molar-refractivity contribution in [3.8, 4) is 23.1 Å². The normalized spacial score (nSPS) is 10.6. The average molecular weight is 511 g/mol. The molecule has 11 heteroatoms. The predicted molar refractivity (Wildman–Crippen MR) is 132 cm³/mol. The first kappa shape index (κ1) is 24.7. The van der Waals surface area contributed by atoms with E-state index in [4.69, 9.17) is 25.8 Å². The van der Waals surface area contributed by atoms with E-state index in [9.17, 15) is 14.0 Å². The van der Waals surface area contributed by atoms with Gasteiger partial charge >= 0.3 is 0 Å². The number of rotatable bonds is 8. The monoisotopic (exact) mass is 510 g/mol. The molecule has 0 spiro atoms. The molecule has 0 saturated carbocycles. The second kappa shape index (κ2) is 10.9. The first-order valence-electron chi connectivity index (χ1n) is 10.6. The van der Waals surface area contributed by atoms with Crippen LogP contribution in [0.3, 0.4) is 0 Å². The Morgan fingerprint density at radius 1 is 0.944 bits per heavy atom. The van der Waals surface area contributed by atoms with Gasteiger partial charge in [-0.25, -0.2) is 9.37 Å². The maximum atomic E-state index is 13.2. The van der Waals surface area contributed by atoms with Crippen molar-refractivity contribution in [1.29, 1.82) is 0 Å². The number of benzene rings is 2. The molecule has 36 heavy (non-hydrogen) atoms. The molecule has 0 aliphatic carbocycles. The Bertz CT molecular complexity index is 1450. The van der Waals surface area contributed by atoms with Crippen molar-refractivity contribution in [2.75, 3.05) is 24.9 Å². The Kier molecular flexibility index (Phi) is 7.45. The SMILES string of the molecule is COc1ccc2c(Oc3ncc(NC(=O)CC(=O)Nc4cccc(F)c4)cc3Cl)ccnc2c1OC. The van der Waals surface area contributed by atoms with Gasteiger partial charge in [-0.05, 0) is 42.5 Å². The van der Waals surface area contributed by atoms with Crippen LogP contribution < -0.4 is 24.8 Å². The van der Waals surface area contributed by atoms with E-state index >= 15 is 0 Å². The Morgan fingerprint density at radius 2 is 1.72 bits per heavy atom. The Morgan fingerprint density at radius 3 is 2.42 bits per heavy atom. The third kappa shape index (κ3) is 5.61. The molecule has 0 aliphatic heterocycles. The number of hydrogen-bond acceptors (Lipinski definition) is 7. The van der Waals surface area contributed by atoms with Gasteiger partial charge in [0.15, 0.2) is 11.5 Å². The third-order valence-electron chi connectivity index (χ3n) is 4.94. The summed E-state index contributed by atoms with van der Waals surface area (Å²) in [4.78, 5) is 32.8. The van der Waals surface area contributed by atoms with E-state index in [0.717, 1.165) is 6.07 Å². The zero-order valence-corrected chi connectivity index (χ0v) is 19.9. The van der Waals surface area contributed by atoms with Crippen LogP contribution in [0.25, 0.3) is 10.9 Å². The summed E-state index contributed by atoms with van der Waals surface area (Å²) in [6, 6.07) is 12.0. The van der Waals surface area contributed by atoms with Crippen LogP contribution in [-0.4, -0.2) is 36.0 Å². The smallest absolute Gasteiger partial charge is 0.238 e. The number of ether oxygens (including phenoxy) is 3. The quantitative estimate of drug-likeness (QED) is 0.313. The van der Waals surface area contributed by atoms with Crippen molar-refractivity contribution < 1.29 is 28.2 Å². The summed E-state index contributed by atoms with van der Waals surface area (Å²) in [5.41, 5.74) is 1.05. The minimum absolute atomic E-state index is 0.0980. The molecule has 2 amide bonds. The van der Waals surface area contributed by atoms with Gasteiger partial charge in [0.1, 0.15) is 28.5 Å². The van der Waals surface area contributed by atoms with Crippen LogP contribution in [0, 0.1) is 5.82 Å². The highest BCUT2D eigenvalue weighted by Gasteiger charge is 2.16. The minimum Gasteiger partial charge on any atom is -0.493 e. The van der Waals surface area contributed by atoms with E-state index in [1.54, 1.807) is 24.4 Å². The Labute approximate surface area is 210 Å². The van der Waals surface area contributed by atoms with Crippen LogP contribution in [0.2, 0.25) is 5.02 Å².